The maximum atomic E-state index is 6.26. The highest BCUT2D eigenvalue weighted by Crippen LogP contribution is 2.38. The third-order valence-corrected chi connectivity index (χ3v) is 4.76. The second-order valence-electron chi connectivity index (χ2n) is 4.59. The molecule has 0 radical (unpaired) electrons. The standard InChI is InChI=1S/C11H19IO2/c1-9(10-2-3-10)14-11(8-12)4-6-13-7-5-11/h9-10H,2-8H2,1H3. The molecule has 1 saturated heterocycles. The van der Waals surface area contributed by atoms with Gasteiger partial charge in [-0.2, -0.15) is 0 Å². The van der Waals surface area contributed by atoms with Crippen molar-refractivity contribution in [2.45, 2.75) is 44.3 Å². The molecular weight excluding hydrogens is 291 g/mol. The Kier molecular flexibility index (Phi) is 3.71. The van der Waals surface area contributed by atoms with Crippen molar-refractivity contribution in [3.63, 3.8) is 0 Å². The second-order valence-corrected chi connectivity index (χ2v) is 5.35. The lowest BCUT2D eigenvalue weighted by Crippen LogP contribution is -2.43. The van der Waals surface area contributed by atoms with Crippen LogP contribution in [0.1, 0.15) is 32.6 Å². The third kappa shape index (κ3) is 2.61. The first-order chi connectivity index (χ1) is 6.76. The summed E-state index contributed by atoms with van der Waals surface area (Å²) in [4.78, 5) is 0. The number of hydrogen-bond acceptors (Lipinski definition) is 2. The van der Waals surface area contributed by atoms with Gasteiger partial charge in [0.05, 0.1) is 11.7 Å². The average Bonchev–Trinajstić information content (AvgIpc) is 3.02. The second kappa shape index (κ2) is 4.66. The molecule has 0 aromatic rings. The van der Waals surface area contributed by atoms with Crippen LogP contribution in [-0.2, 0) is 9.47 Å². The fraction of sp³-hybridized carbons (Fsp3) is 1.00. The predicted molar refractivity (Wildman–Crippen MR) is 64.9 cm³/mol. The van der Waals surface area contributed by atoms with Gasteiger partial charge >= 0.3 is 0 Å². The number of rotatable bonds is 4. The molecule has 2 aliphatic rings. The van der Waals surface area contributed by atoms with Gasteiger partial charge in [-0.3, -0.25) is 0 Å². The number of alkyl halides is 1. The largest absolute Gasteiger partial charge is 0.381 e. The maximum Gasteiger partial charge on any atom is 0.0819 e. The van der Waals surface area contributed by atoms with Crippen LogP contribution >= 0.6 is 22.6 Å². The third-order valence-electron chi connectivity index (χ3n) is 3.37. The molecule has 82 valence electrons. The fourth-order valence-electron chi connectivity index (χ4n) is 2.08. The minimum atomic E-state index is 0.126. The van der Waals surface area contributed by atoms with Crippen LogP contribution in [0.4, 0.5) is 0 Å². The van der Waals surface area contributed by atoms with E-state index in [1.165, 1.54) is 12.8 Å². The van der Waals surface area contributed by atoms with Crippen molar-refractivity contribution >= 4 is 22.6 Å². The first-order valence-electron chi connectivity index (χ1n) is 5.57. The summed E-state index contributed by atoms with van der Waals surface area (Å²) >= 11 is 2.46. The Bertz CT molecular complexity index is 186. The van der Waals surface area contributed by atoms with Crippen LogP contribution in [0.15, 0.2) is 0 Å². The van der Waals surface area contributed by atoms with Crippen molar-refractivity contribution in [2.75, 3.05) is 17.6 Å². The van der Waals surface area contributed by atoms with Crippen LogP contribution in [0.3, 0.4) is 0 Å². The molecule has 0 aromatic heterocycles. The molecule has 3 heteroatoms. The average molecular weight is 310 g/mol. The highest BCUT2D eigenvalue weighted by atomic mass is 127. The summed E-state index contributed by atoms with van der Waals surface area (Å²) in [5.41, 5.74) is 0.126. The van der Waals surface area contributed by atoms with Gasteiger partial charge in [-0.25, -0.2) is 0 Å². The van der Waals surface area contributed by atoms with Gasteiger partial charge in [0, 0.05) is 30.5 Å². The molecule has 14 heavy (non-hydrogen) atoms. The summed E-state index contributed by atoms with van der Waals surface area (Å²) in [6, 6.07) is 0. The van der Waals surface area contributed by atoms with E-state index in [1.54, 1.807) is 0 Å². The van der Waals surface area contributed by atoms with Crippen molar-refractivity contribution < 1.29 is 9.47 Å². The van der Waals surface area contributed by atoms with E-state index < -0.39 is 0 Å². The lowest BCUT2D eigenvalue weighted by atomic mass is 9.96. The lowest BCUT2D eigenvalue weighted by molar-refractivity contribution is -0.128. The Hall–Kier alpha value is 0.650. The first kappa shape index (κ1) is 11.1. The smallest absolute Gasteiger partial charge is 0.0819 e. The summed E-state index contributed by atoms with van der Waals surface area (Å²) < 4.78 is 12.8. The molecule has 2 fully saturated rings. The maximum absolute atomic E-state index is 6.26. The van der Waals surface area contributed by atoms with Crippen molar-refractivity contribution in [3.8, 4) is 0 Å². The molecule has 0 aromatic carbocycles. The predicted octanol–water partition coefficient (Wildman–Crippen LogP) is 2.79. The Labute approximate surface area is 99.9 Å². The lowest BCUT2D eigenvalue weighted by Gasteiger charge is -2.38. The SMILES string of the molecule is CC(OC1(CI)CCOCC1)C1CC1. The van der Waals surface area contributed by atoms with Gasteiger partial charge in [0.2, 0.25) is 0 Å². The fourth-order valence-corrected chi connectivity index (χ4v) is 3.03. The van der Waals surface area contributed by atoms with Crippen LogP contribution in [-0.4, -0.2) is 29.3 Å². The van der Waals surface area contributed by atoms with E-state index in [2.05, 4.69) is 29.5 Å². The van der Waals surface area contributed by atoms with Crippen LogP contribution in [0.25, 0.3) is 0 Å². The van der Waals surface area contributed by atoms with E-state index in [0.29, 0.717) is 6.10 Å². The zero-order valence-electron chi connectivity index (χ0n) is 8.80. The molecule has 0 amide bonds. The van der Waals surface area contributed by atoms with Crippen LogP contribution in [0, 0.1) is 5.92 Å². The molecule has 0 spiro atoms. The summed E-state index contributed by atoms with van der Waals surface area (Å²) in [6.07, 6.45) is 5.35. The topological polar surface area (TPSA) is 18.5 Å². The molecule has 1 atom stereocenters. The Morgan fingerprint density at radius 3 is 2.57 bits per heavy atom. The van der Waals surface area contributed by atoms with Crippen molar-refractivity contribution in [1.29, 1.82) is 0 Å². The summed E-state index contributed by atoms with van der Waals surface area (Å²) in [5, 5.41) is 0. The molecule has 1 heterocycles. The van der Waals surface area contributed by atoms with Crippen LogP contribution < -0.4 is 0 Å². The monoisotopic (exact) mass is 310 g/mol. The van der Waals surface area contributed by atoms with Gasteiger partial charge in [0.25, 0.3) is 0 Å². The molecule has 2 nitrogen and oxygen atoms in total. The summed E-state index contributed by atoms with van der Waals surface area (Å²) in [7, 11) is 0. The summed E-state index contributed by atoms with van der Waals surface area (Å²) in [6.45, 7) is 3.99. The van der Waals surface area contributed by atoms with Gasteiger partial charge in [-0.1, -0.05) is 22.6 Å². The molecular formula is C11H19IO2. The van der Waals surface area contributed by atoms with Gasteiger partial charge in [-0.15, -0.1) is 0 Å². The minimum Gasteiger partial charge on any atom is -0.381 e. The van der Waals surface area contributed by atoms with E-state index in [1.807, 2.05) is 0 Å². The van der Waals surface area contributed by atoms with E-state index in [9.17, 15) is 0 Å². The van der Waals surface area contributed by atoms with Crippen molar-refractivity contribution in [1.82, 2.24) is 0 Å². The Morgan fingerprint density at radius 2 is 2.07 bits per heavy atom. The number of halogens is 1. The zero-order chi connectivity index (χ0) is 10.0. The minimum absolute atomic E-state index is 0.126. The van der Waals surface area contributed by atoms with Gasteiger partial charge < -0.3 is 9.47 Å². The quantitative estimate of drug-likeness (QED) is 0.587. The molecule has 0 bridgehead atoms. The zero-order valence-corrected chi connectivity index (χ0v) is 11.0. The molecule has 1 aliphatic carbocycles. The number of hydrogen-bond donors (Lipinski definition) is 0. The number of ether oxygens (including phenoxy) is 2. The Balaban J connectivity index is 1.89. The van der Waals surface area contributed by atoms with E-state index in [0.717, 1.165) is 36.4 Å². The van der Waals surface area contributed by atoms with Gasteiger partial charge in [-0.05, 0) is 25.7 Å². The van der Waals surface area contributed by atoms with E-state index in [-0.39, 0.29) is 5.60 Å². The van der Waals surface area contributed by atoms with Crippen LogP contribution in [0.2, 0.25) is 0 Å². The van der Waals surface area contributed by atoms with Crippen molar-refractivity contribution in [3.05, 3.63) is 0 Å². The molecule has 0 N–H and O–H groups in total. The van der Waals surface area contributed by atoms with Gasteiger partial charge in [0.1, 0.15) is 0 Å². The Morgan fingerprint density at radius 1 is 1.43 bits per heavy atom. The highest BCUT2D eigenvalue weighted by molar-refractivity contribution is 14.1. The summed E-state index contributed by atoms with van der Waals surface area (Å²) in [5.74, 6) is 0.845. The van der Waals surface area contributed by atoms with E-state index >= 15 is 0 Å². The molecule has 1 unspecified atom stereocenters. The first-order valence-corrected chi connectivity index (χ1v) is 7.10. The molecule has 1 saturated carbocycles. The molecule has 2 rings (SSSR count). The van der Waals surface area contributed by atoms with E-state index in [4.69, 9.17) is 9.47 Å². The normalized spacial score (nSPS) is 28.7. The van der Waals surface area contributed by atoms with Crippen molar-refractivity contribution in [2.24, 2.45) is 5.92 Å². The molecule has 1 aliphatic heterocycles. The van der Waals surface area contributed by atoms with Gasteiger partial charge in [0.15, 0.2) is 0 Å². The van der Waals surface area contributed by atoms with Crippen LogP contribution in [0.5, 0.6) is 0 Å². The highest BCUT2D eigenvalue weighted by Gasteiger charge is 2.38.